The molecule has 7 heteroatoms. The highest BCUT2D eigenvalue weighted by Gasteiger charge is 2.11. The van der Waals surface area contributed by atoms with Crippen molar-refractivity contribution in [2.24, 2.45) is 0 Å². The monoisotopic (exact) mass is 307 g/mol. The van der Waals surface area contributed by atoms with E-state index >= 15 is 0 Å². The van der Waals surface area contributed by atoms with Crippen molar-refractivity contribution in [3.8, 4) is 11.5 Å². The van der Waals surface area contributed by atoms with Gasteiger partial charge in [-0.2, -0.15) is 0 Å². The Morgan fingerprint density at radius 2 is 2.10 bits per heavy atom. The van der Waals surface area contributed by atoms with Crippen LogP contribution in [0.3, 0.4) is 0 Å². The van der Waals surface area contributed by atoms with Gasteiger partial charge in [-0.05, 0) is 19.1 Å². The molecule has 0 radical (unpaired) electrons. The van der Waals surface area contributed by atoms with Crippen molar-refractivity contribution >= 4 is 23.2 Å². The van der Waals surface area contributed by atoms with Crippen LogP contribution in [-0.4, -0.2) is 29.6 Å². The van der Waals surface area contributed by atoms with Crippen LogP contribution in [0.2, 0.25) is 5.15 Å². The second-order valence-corrected chi connectivity index (χ2v) is 4.36. The van der Waals surface area contributed by atoms with Crippen LogP contribution in [0.1, 0.15) is 17.4 Å². The van der Waals surface area contributed by atoms with Gasteiger partial charge in [0, 0.05) is 11.8 Å². The summed E-state index contributed by atoms with van der Waals surface area (Å²) in [7, 11) is 1.55. The molecule has 0 saturated carbocycles. The summed E-state index contributed by atoms with van der Waals surface area (Å²) in [6.45, 7) is 2.37. The number of anilines is 1. The third-order valence-corrected chi connectivity index (χ3v) is 2.77. The van der Waals surface area contributed by atoms with E-state index in [9.17, 15) is 4.79 Å². The Labute approximate surface area is 127 Å². The summed E-state index contributed by atoms with van der Waals surface area (Å²) in [5, 5.41) is 2.94. The van der Waals surface area contributed by atoms with Gasteiger partial charge in [0.25, 0.3) is 5.91 Å². The summed E-state index contributed by atoms with van der Waals surface area (Å²) in [6.07, 6.45) is 2.63. The molecule has 1 heterocycles. The predicted molar refractivity (Wildman–Crippen MR) is 79.2 cm³/mol. The van der Waals surface area contributed by atoms with Crippen LogP contribution in [0.15, 0.2) is 30.6 Å². The van der Waals surface area contributed by atoms with Crippen LogP contribution in [-0.2, 0) is 0 Å². The van der Waals surface area contributed by atoms with Gasteiger partial charge in [-0.15, -0.1) is 0 Å². The minimum atomic E-state index is -0.383. The van der Waals surface area contributed by atoms with Crippen molar-refractivity contribution < 1.29 is 14.3 Å². The van der Waals surface area contributed by atoms with E-state index in [1.165, 1.54) is 12.4 Å². The minimum absolute atomic E-state index is 0.174. The van der Waals surface area contributed by atoms with Gasteiger partial charge in [-0.1, -0.05) is 11.6 Å². The summed E-state index contributed by atoms with van der Waals surface area (Å²) in [4.78, 5) is 19.7. The summed E-state index contributed by atoms with van der Waals surface area (Å²) < 4.78 is 10.6. The van der Waals surface area contributed by atoms with Crippen LogP contribution in [0.4, 0.5) is 5.69 Å². The molecule has 0 bridgehead atoms. The smallest absolute Gasteiger partial charge is 0.275 e. The Balaban J connectivity index is 2.17. The largest absolute Gasteiger partial charge is 0.493 e. The minimum Gasteiger partial charge on any atom is -0.493 e. The summed E-state index contributed by atoms with van der Waals surface area (Å²) >= 11 is 5.63. The molecule has 1 aromatic carbocycles. The van der Waals surface area contributed by atoms with Gasteiger partial charge in [0.15, 0.2) is 11.5 Å². The second kappa shape index (κ2) is 6.90. The summed E-state index contributed by atoms with van der Waals surface area (Å²) in [6, 6.07) is 5.11. The number of hydrogen-bond donors (Lipinski definition) is 1. The fourth-order valence-electron chi connectivity index (χ4n) is 1.65. The van der Waals surface area contributed by atoms with Crippen LogP contribution in [0, 0.1) is 0 Å². The SMILES string of the molecule is CCOc1cc(NC(=O)c2cnc(Cl)cn2)ccc1OC. The summed E-state index contributed by atoms with van der Waals surface area (Å²) in [5.41, 5.74) is 0.745. The van der Waals surface area contributed by atoms with E-state index in [2.05, 4.69) is 15.3 Å². The molecule has 0 unspecified atom stereocenters. The topological polar surface area (TPSA) is 73.3 Å². The number of methoxy groups -OCH3 is 1. The number of hydrogen-bond acceptors (Lipinski definition) is 5. The van der Waals surface area contributed by atoms with Gasteiger partial charge in [0.1, 0.15) is 10.8 Å². The highest BCUT2D eigenvalue weighted by atomic mass is 35.5. The number of aromatic nitrogens is 2. The number of halogens is 1. The number of nitrogens with zero attached hydrogens (tertiary/aromatic N) is 2. The molecule has 2 aromatic rings. The number of nitrogens with one attached hydrogen (secondary N) is 1. The van der Waals surface area contributed by atoms with Crippen molar-refractivity contribution in [3.63, 3.8) is 0 Å². The lowest BCUT2D eigenvalue weighted by Gasteiger charge is -2.11. The van der Waals surface area contributed by atoms with E-state index < -0.39 is 0 Å². The second-order valence-electron chi connectivity index (χ2n) is 3.98. The first-order valence-electron chi connectivity index (χ1n) is 6.23. The number of benzene rings is 1. The highest BCUT2D eigenvalue weighted by molar-refractivity contribution is 6.29. The molecule has 1 N–H and O–H groups in total. The molecule has 0 aliphatic carbocycles. The number of amides is 1. The molecule has 0 fully saturated rings. The Morgan fingerprint density at radius 3 is 2.71 bits per heavy atom. The summed E-state index contributed by atoms with van der Waals surface area (Å²) in [5.74, 6) is 0.771. The van der Waals surface area contributed by atoms with Gasteiger partial charge < -0.3 is 14.8 Å². The highest BCUT2D eigenvalue weighted by Crippen LogP contribution is 2.30. The van der Waals surface area contributed by atoms with Crippen molar-refractivity contribution in [1.82, 2.24) is 9.97 Å². The van der Waals surface area contributed by atoms with Crippen molar-refractivity contribution in [2.45, 2.75) is 6.92 Å². The third kappa shape index (κ3) is 3.82. The normalized spacial score (nSPS) is 10.0. The number of carbonyl (C=O) groups excluding carboxylic acids is 1. The van der Waals surface area contributed by atoms with E-state index in [4.69, 9.17) is 21.1 Å². The zero-order chi connectivity index (χ0) is 15.2. The standard InChI is InChI=1S/C14H14ClN3O3/c1-3-21-12-6-9(4-5-11(12)20-2)18-14(19)10-7-17-13(15)8-16-10/h4-8H,3H2,1-2H3,(H,18,19). The molecular formula is C14H14ClN3O3. The predicted octanol–water partition coefficient (Wildman–Crippen LogP) is 2.79. The quantitative estimate of drug-likeness (QED) is 0.919. The fourth-order valence-corrected chi connectivity index (χ4v) is 1.75. The molecule has 2 rings (SSSR count). The number of rotatable bonds is 5. The van der Waals surface area contributed by atoms with Crippen LogP contribution >= 0.6 is 11.6 Å². The van der Waals surface area contributed by atoms with Gasteiger partial charge in [0.05, 0.1) is 26.1 Å². The molecule has 21 heavy (non-hydrogen) atoms. The van der Waals surface area contributed by atoms with E-state index in [1.54, 1.807) is 25.3 Å². The van der Waals surface area contributed by atoms with Gasteiger partial charge >= 0.3 is 0 Å². The Morgan fingerprint density at radius 1 is 1.29 bits per heavy atom. The van der Waals surface area contributed by atoms with Crippen LogP contribution in [0.5, 0.6) is 11.5 Å². The lowest BCUT2D eigenvalue weighted by atomic mass is 10.2. The Hall–Kier alpha value is -2.34. The fraction of sp³-hybridized carbons (Fsp3) is 0.214. The van der Waals surface area contributed by atoms with Gasteiger partial charge in [0.2, 0.25) is 0 Å². The molecule has 0 aliphatic heterocycles. The van der Waals surface area contributed by atoms with Gasteiger partial charge in [-0.25, -0.2) is 9.97 Å². The van der Waals surface area contributed by atoms with Crippen molar-refractivity contribution in [1.29, 1.82) is 0 Å². The first kappa shape index (κ1) is 15.1. The zero-order valence-electron chi connectivity index (χ0n) is 11.6. The van der Waals surface area contributed by atoms with Crippen LogP contribution < -0.4 is 14.8 Å². The molecule has 0 spiro atoms. The van der Waals surface area contributed by atoms with Crippen molar-refractivity contribution in [3.05, 3.63) is 41.4 Å². The first-order valence-corrected chi connectivity index (χ1v) is 6.61. The van der Waals surface area contributed by atoms with E-state index in [-0.39, 0.29) is 16.8 Å². The van der Waals surface area contributed by atoms with Crippen LogP contribution in [0.25, 0.3) is 0 Å². The average molecular weight is 308 g/mol. The molecule has 0 aliphatic rings. The van der Waals surface area contributed by atoms with E-state index in [1.807, 2.05) is 6.92 Å². The molecule has 0 atom stereocenters. The zero-order valence-corrected chi connectivity index (χ0v) is 12.3. The van der Waals surface area contributed by atoms with Crippen molar-refractivity contribution in [2.75, 3.05) is 19.0 Å². The molecule has 1 amide bonds. The Kier molecular flexibility index (Phi) is 4.94. The average Bonchev–Trinajstić information content (AvgIpc) is 2.48. The molecule has 0 saturated heterocycles. The molecule has 6 nitrogen and oxygen atoms in total. The lowest BCUT2D eigenvalue weighted by Crippen LogP contribution is -2.14. The number of ether oxygens (including phenoxy) is 2. The lowest BCUT2D eigenvalue weighted by molar-refractivity contribution is 0.102. The maximum Gasteiger partial charge on any atom is 0.275 e. The third-order valence-electron chi connectivity index (χ3n) is 2.57. The Bertz CT molecular complexity index is 632. The first-order chi connectivity index (χ1) is 10.1. The van der Waals surface area contributed by atoms with E-state index in [0.717, 1.165) is 0 Å². The molecule has 110 valence electrons. The molecule has 1 aromatic heterocycles. The maximum atomic E-state index is 12.0. The van der Waals surface area contributed by atoms with E-state index in [0.29, 0.717) is 23.8 Å². The number of carbonyl (C=O) groups is 1. The molecular weight excluding hydrogens is 294 g/mol. The van der Waals surface area contributed by atoms with Gasteiger partial charge in [-0.3, -0.25) is 4.79 Å². The maximum absolute atomic E-state index is 12.0.